The van der Waals surface area contributed by atoms with Crippen LogP contribution in [0.25, 0.3) is 11.1 Å². The molecule has 140 valence electrons. The van der Waals surface area contributed by atoms with Crippen molar-refractivity contribution in [3.63, 3.8) is 0 Å². The second-order valence-electron chi connectivity index (χ2n) is 6.44. The Morgan fingerprint density at radius 2 is 1.82 bits per heavy atom. The molecule has 0 spiro atoms. The number of benzene rings is 2. The van der Waals surface area contributed by atoms with Gasteiger partial charge in [-0.25, -0.2) is 4.79 Å². The summed E-state index contributed by atoms with van der Waals surface area (Å²) in [6.45, 7) is 0.303. The molecule has 1 aliphatic rings. The molecule has 0 atom stereocenters. The van der Waals surface area contributed by atoms with Crippen molar-refractivity contribution in [3.05, 3.63) is 71.4 Å². The molecule has 0 fully saturated rings. The first-order valence-corrected chi connectivity index (χ1v) is 8.91. The lowest BCUT2D eigenvalue weighted by molar-refractivity contribution is 0.158. The van der Waals surface area contributed by atoms with Gasteiger partial charge in [-0.05, 0) is 22.3 Å². The average molecular weight is 374 g/mol. The lowest BCUT2D eigenvalue weighted by atomic mass is 9.98. The quantitative estimate of drug-likeness (QED) is 0.715. The standard InChI is InChI=1S/C21H18N4O3/c22-11-14-12-25(9-10-26)24-20(14)23-21(27)28-13-19-17-7-3-1-5-15(17)16-6-2-4-8-18(16)19/h1-8,12,19,26H,9-10,13H2,(H,23,24,27). The molecule has 7 heteroatoms. The van der Waals surface area contributed by atoms with E-state index in [1.54, 1.807) is 0 Å². The van der Waals surface area contributed by atoms with E-state index in [9.17, 15) is 10.1 Å². The summed E-state index contributed by atoms with van der Waals surface area (Å²) in [5, 5.41) is 24.8. The first-order chi connectivity index (χ1) is 13.7. The predicted molar refractivity (Wildman–Crippen MR) is 103 cm³/mol. The van der Waals surface area contributed by atoms with Gasteiger partial charge in [0.2, 0.25) is 0 Å². The van der Waals surface area contributed by atoms with Crippen LogP contribution in [0.5, 0.6) is 0 Å². The van der Waals surface area contributed by atoms with Crippen molar-refractivity contribution in [2.75, 3.05) is 18.5 Å². The van der Waals surface area contributed by atoms with E-state index < -0.39 is 6.09 Å². The van der Waals surface area contributed by atoms with E-state index >= 15 is 0 Å². The molecule has 2 aromatic carbocycles. The molecule has 0 saturated heterocycles. The van der Waals surface area contributed by atoms with Gasteiger partial charge in [-0.2, -0.15) is 10.4 Å². The van der Waals surface area contributed by atoms with Crippen LogP contribution in [0.15, 0.2) is 54.7 Å². The zero-order valence-electron chi connectivity index (χ0n) is 15.0. The van der Waals surface area contributed by atoms with Gasteiger partial charge >= 0.3 is 6.09 Å². The number of aliphatic hydroxyl groups is 1. The van der Waals surface area contributed by atoms with E-state index in [-0.39, 0.29) is 37.1 Å². The number of hydrogen-bond acceptors (Lipinski definition) is 5. The number of carbonyl (C=O) groups is 1. The van der Waals surface area contributed by atoms with Crippen LogP contribution in [-0.4, -0.2) is 34.2 Å². The zero-order chi connectivity index (χ0) is 19.5. The number of amides is 1. The number of nitrogens with zero attached hydrogens (tertiary/aromatic N) is 3. The number of aromatic nitrogens is 2. The Morgan fingerprint density at radius 3 is 2.43 bits per heavy atom. The van der Waals surface area contributed by atoms with Gasteiger partial charge in [0.1, 0.15) is 18.2 Å². The highest BCUT2D eigenvalue weighted by molar-refractivity contribution is 5.85. The summed E-state index contributed by atoms with van der Waals surface area (Å²) in [6.07, 6.45) is 0.794. The van der Waals surface area contributed by atoms with Crippen LogP contribution in [0.4, 0.5) is 10.6 Å². The summed E-state index contributed by atoms with van der Waals surface area (Å²) in [6, 6.07) is 18.2. The fraction of sp³-hybridized carbons (Fsp3) is 0.190. The summed E-state index contributed by atoms with van der Waals surface area (Å²) in [5.74, 6) is 0.0775. The minimum Gasteiger partial charge on any atom is -0.448 e. The number of fused-ring (bicyclic) bond motifs is 3. The van der Waals surface area contributed by atoms with Crippen molar-refractivity contribution in [1.82, 2.24) is 9.78 Å². The molecule has 0 saturated carbocycles. The van der Waals surface area contributed by atoms with Crippen LogP contribution in [-0.2, 0) is 11.3 Å². The van der Waals surface area contributed by atoms with Gasteiger partial charge < -0.3 is 9.84 Å². The number of nitriles is 1. The highest BCUT2D eigenvalue weighted by Gasteiger charge is 2.29. The fourth-order valence-electron chi connectivity index (χ4n) is 3.54. The van der Waals surface area contributed by atoms with Crippen molar-refractivity contribution in [2.24, 2.45) is 0 Å². The van der Waals surface area contributed by atoms with Gasteiger partial charge in [0.05, 0.1) is 13.2 Å². The third-order valence-corrected chi connectivity index (χ3v) is 4.78. The van der Waals surface area contributed by atoms with Crippen LogP contribution in [0.1, 0.15) is 22.6 Å². The minimum atomic E-state index is -0.674. The van der Waals surface area contributed by atoms with Crippen molar-refractivity contribution >= 4 is 11.9 Å². The lowest BCUT2D eigenvalue weighted by Gasteiger charge is -2.14. The highest BCUT2D eigenvalue weighted by atomic mass is 16.5. The van der Waals surface area contributed by atoms with Crippen LogP contribution in [0.2, 0.25) is 0 Å². The molecular formula is C21H18N4O3. The molecule has 1 heterocycles. The number of ether oxygens (including phenoxy) is 1. The molecule has 0 radical (unpaired) electrons. The van der Waals surface area contributed by atoms with Gasteiger partial charge in [0.15, 0.2) is 5.82 Å². The number of carbonyl (C=O) groups excluding carboxylic acids is 1. The molecule has 7 nitrogen and oxygen atoms in total. The third-order valence-electron chi connectivity index (χ3n) is 4.78. The van der Waals surface area contributed by atoms with Gasteiger partial charge in [-0.1, -0.05) is 48.5 Å². The second kappa shape index (κ2) is 7.55. The Balaban J connectivity index is 1.48. The van der Waals surface area contributed by atoms with Crippen molar-refractivity contribution in [1.29, 1.82) is 5.26 Å². The third kappa shape index (κ3) is 3.21. The van der Waals surface area contributed by atoms with Crippen LogP contribution < -0.4 is 5.32 Å². The number of nitrogens with one attached hydrogen (secondary N) is 1. The second-order valence-corrected chi connectivity index (χ2v) is 6.44. The van der Waals surface area contributed by atoms with Crippen LogP contribution in [0.3, 0.4) is 0 Å². The van der Waals surface area contributed by atoms with E-state index in [2.05, 4.69) is 22.5 Å². The summed E-state index contributed by atoms with van der Waals surface area (Å²) in [7, 11) is 0. The summed E-state index contributed by atoms with van der Waals surface area (Å²) >= 11 is 0. The van der Waals surface area contributed by atoms with Gasteiger partial charge in [0.25, 0.3) is 0 Å². The van der Waals surface area contributed by atoms with E-state index in [1.165, 1.54) is 10.9 Å². The fourth-order valence-corrected chi connectivity index (χ4v) is 3.54. The smallest absolute Gasteiger partial charge is 0.412 e. The molecule has 0 unspecified atom stereocenters. The molecule has 1 aromatic heterocycles. The number of anilines is 1. The van der Waals surface area contributed by atoms with E-state index in [0.717, 1.165) is 22.3 Å². The highest BCUT2D eigenvalue weighted by Crippen LogP contribution is 2.44. The van der Waals surface area contributed by atoms with E-state index in [1.807, 2.05) is 42.5 Å². The molecule has 0 aliphatic heterocycles. The monoisotopic (exact) mass is 374 g/mol. The first kappa shape index (κ1) is 17.8. The zero-order valence-corrected chi connectivity index (χ0v) is 15.0. The van der Waals surface area contributed by atoms with Crippen molar-refractivity contribution in [2.45, 2.75) is 12.5 Å². The Labute approximate surface area is 161 Å². The predicted octanol–water partition coefficient (Wildman–Crippen LogP) is 3.11. The molecular weight excluding hydrogens is 356 g/mol. The topological polar surface area (TPSA) is 100 Å². The Kier molecular flexibility index (Phi) is 4.79. The molecule has 1 aliphatic carbocycles. The Morgan fingerprint density at radius 1 is 1.18 bits per heavy atom. The van der Waals surface area contributed by atoms with Crippen molar-refractivity contribution < 1.29 is 14.6 Å². The number of rotatable bonds is 5. The van der Waals surface area contributed by atoms with E-state index in [4.69, 9.17) is 9.84 Å². The Hall–Kier alpha value is -3.63. The maximum Gasteiger partial charge on any atom is 0.412 e. The molecule has 0 bridgehead atoms. The maximum atomic E-state index is 12.3. The number of aliphatic hydroxyl groups excluding tert-OH is 1. The van der Waals surface area contributed by atoms with Crippen molar-refractivity contribution in [3.8, 4) is 17.2 Å². The normalized spacial score (nSPS) is 12.1. The largest absolute Gasteiger partial charge is 0.448 e. The van der Waals surface area contributed by atoms with E-state index in [0.29, 0.717) is 0 Å². The van der Waals surface area contributed by atoms with Gasteiger partial charge in [-0.3, -0.25) is 10.00 Å². The molecule has 1 amide bonds. The summed E-state index contributed by atoms with van der Waals surface area (Å²) in [5.41, 5.74) is 4.77. The van der Waals surface area contributed by atoms with Gasteiger partial charge in [0, 0.05) is 12.1 Å². The average Bonchev–Trinajstić information content (AvgIpc) is 3.25. The maximum absolute atomic E-state index is 12.3. The lowest BCUT2D eigenvalue weighted by Crippen LogP contribution is -2.18. The van der Waals surface area contributed by atoms with Crippen LogP contribution in [0, 0.1) is 11.3 Å². The minimum absolute atomic E-state index is 0.0412. The first-order valence-electron chi connectivity index (χ1n) is 8.91. The molecule has 2 N–H and O–H groups in total. The van der Waals surface area contributed by atoms with Crippen LogP contribution >= 0.6 is 0 Å². The SMILES string of the molecule is N#Cc1cn(CCO)nc1NC(=O)OCC1c2ccccc2-c2ccccc21. The summed E-state index contributed by atoms with van der Waals surface area (Å²) in [4.78, 5) is 12.3. The summed E-state index contributed by atoms with van der Waals surface area (Å²) < 4.78 is 6.85. The Bertz CT molecular complexity index is 1020. The molecule has 28 heavy (non-hydrogen) atoms. The van der Waals surface area contributed by atoms with Gasteiger partial charge in [-0.15, -0.1) is 0 Å². The number of hydrogen-bond donors (Lipinski definition) is 2. The molecule has 3 aromatic rings. The molecule has 4 rings (SSSR count).